The molecule has 37 heavy (non-hydrogen) atoms. The first-order chi connectivity index (χ1) is 18.1. The van der Waals surface area contributed by atoms with E-state index in [-0.39, 0.29) is 11.8 Å². The summed E-state index contributed by atoms with van der Waals surface area (Å²) in [7, 11) is 0. The van der Waals surface area contributed by atoms with Crippen molar-refractivity contribution in [3.05, 3.63) is 76.2 Å². The Labute approximate surface area is 224 Å². The molecule has 2 aliphatic rings. The van der Waals surface area contributed by atoms with Crippen molar-refractivity contribution >= 4 is 46.0 Å². The molecule has 4 heterocycles. The summed E-state index contributed by atoms with van der Waals surface area (Å²) < 4.78 is 7.46. The fourth-order valence-electron chi connectivity index (χ4n) is 5.00. The van der Waals surface area contributed by atoms with E-state index in [1.54, 1.807) is 18.2 Å². The highest BCUT2D eigenvalue weighted by Crippen LogP contribution is 2.32. The van der Waals surface area contributed by atoms with Gasteiger partial charge in [0, 0.05) is 50.3 Å². The normalized spacial score (nSPS) is 16.9. The van der Waals surface area contributed by atoms with E-state index in [0.29, 0.717) is 55.0 Å². The minimum Gasteiger partial charge on any atom is -0.381 e. The molecule has 0 aliphatic carbocycles. The summed E-state index contributed by atoms with van der Waals surface area (Å²) in [6.45, 7) is 3.84. The number of fused-ring (bicyclic) bond motifs is 1. The number of hydrogen-bond donors (Lipinski definition) is 0. The van der Waals surface area contributed by atoms with Crippen LogP contribution >= 0.6 is 23.2 Å². The van der Waals surface area contributed by atoms with Gasteiger partial charge in [-0.2, -0.15) is 5.10 Å². The SMILES string of the molecule is O=C(c1ccc(Cl)cc1Cl)N1CCN(c2nc(C3CCOCC3)nc3c2cnn3-c2ccccc2)CC1. The standard InChI is InChI=1S/C27H26Cl2N6O2/c28-19-6-7-21(23(29)16-19)27(36)34-12-10-33(11-13-34)25-22-17-30-35(20-4-2-1-3-5-20)26(22)32-24(31-25)18-8-14-37-15-9-18/h1-7,16-18H,8-15H2. The molecule has 0 spiro atoms. The Morgan fingerprint density at radius 1 is 0.946 bits per heavy atom. The summed E-state index contributed by atoms with van der Waals surface area (Å²) in [4.78, 5) is 27.3. The molecular formula is C27H26Cl2N6O2. The zero-order valence-corrected chi connectivity index (χ0v) is 21.7. The van der Waals surface area contributed by atoms with Gasteiger partial charge in [0.15, 0.2) is 5.65 Å². The molecule has 0 unspecified atom stereocenters. The maximum absolute atomic E-state index is 13.1. The van der Waals surface area contributed by atoms with Crippen LogP contribution in [0.4, 0.5) is 5.82 Å². The number of halogens is 2. The predicted octanol–water partition coefficient (Wildman–Crippen LogP) is 4.98. The van der Waals surface area contributed by atoms with Crippen LogP contribution in [0.2, 0.25) is 10.0 Å². The number of piperazine rings is 1. The smallest absolute Gasteiger partial charge is 0.255 e. The second-order valence-corrected chi connectivity index (χ2v) is 10.2. The van der Waals surface area contributed by atoms with Gasteiger partial charge in [0.25, 0.3) is 5.91 Å². The third-order valence-electron chi connectivity index (χ3n) is 7.04. The number of carbonyl (C=O) groups excluding carboxylic acids is 1. The molecule has 0 saturated carbocycles. The second-order valence-electron chi connectivity index (χ2n) is 9.32. The number of anilines is 1. The number of nitrogens with zero attached hydrogens (tertiary/aromatic N) is 6. The van der Waals surface area contributed by atoms with E-state index in [9.17, 15) is 4.79 Å². The Morgan fingerprint density at radius 3 is 2.43 bits per heavy atom. The number of para-hydroxylation sites is 1. The fourth-order valence-corrected chi connectivity index (χ4v) is 5.49. The highest BCUT2D eigenvalue weighted by molar-refractivity contribution is 6.36. The van der Waals surface area contributed by atoms with Crippen LogP contribution in [-0.2, 0) is 4.74 Å². The van der Waals surface area contributed by atoms with Gasteiger partial charge in [0.2, 0.25) is 0 Å². The van der Waals surface area contributed by atoms with Crippen molar-refractivity contribution in [1.82, 2.24) is 24.6 Å². The van der Waals surface area contributed by atoms with Gasteiger partial charge in [-0.15, -0.1) is 0 Å². The summed E-state index contributed by atoms with van der Waals surface area (Å²) in [6, 6.07) is 15.0. The van der Waals surface area contributed by atoms with E-state index in [4.69, 9.17) is 37.9 Å². The predicted molar refractivity (Wildman–Crippen MR) is 144 cm³/mol. The van der Waals surface area contributed by atoms with Crippen molar-refractivity contribution in [1.29, 1.82) is 0 Å². The maximum Gasteiger partial charge on any atom is 0.255 e. The zero-order chi connectivity index (χ0) is 25.4. The lowest BCUT2D eigenvalue weighted by Crippen LogP contribution is -2.49. The van der Waals surface area contributed by atoms with Crippen LogP contribution in [-0.4, -0.2) is 69.9 Å². The Balaban J connectivity index is 1.31. The van der Waals surface area contributed by atoms with E-state index < -0.39 is 0 Å². The molecule has 2 aliphatic heterocycles. The van der Waals surface area contributed by atoms with Crippen molar-refractivity contribution in [3.63, 3.8) is 0 Å². The summed E-state index contributed by atoms with van der Waals surface area (Å²) >= 11 is 12.3. The number of carbonyl (C=O) groups is 1. The average molecular weight is 537 g/mol. The monoisotopic (exact) mass is 536 g/mol. The first kappa shape index (κ1) is 24.2. The third-order valence-corrected chi connectivity index (χ3v) is 7.59. The highest BCUT2D eigenvalue weighted by atomic mass is 35.5. The summed E-state index contributed by atoms with van der Waals surface area (Å²) in [5, 5.41) is 6.46. The van der Waals surface area contributed by atoms with Crippen LogP contribution in [0.3, 0.4) is 0 Å². The van der Waals surface area contributed by atoms with Gasteiger partial charge in [0.1, 0.15) is 11.6 Å². The van der Waals surface area contributed by atoms with E-state index >= 15 is 0 Å². The van der Waals surface area contributed by atoms with Crippen molar-refractivity contribution < 1.29 is 9.53 Å². The third kappa shape index (κ3) is 4.77. The van der Waals surface area contributed by atoms with E-state index in [1.807, 2.05) is 46.1 Å². The number of ether oxygens (including phenoxy) is 1. The molecule has 2 saturated heterocycles. The number of benzene rings is 2. The lowest BCUT2D eigenvalue weighted by atomic mass is 9.99. The van der Waals surface area contributed by atoms with Gasteiger partial charge in [-0.25, -0.2) is 14.6 Å². The number of amides is 1. The minimum atomic E-state index is -0.0889. The molecule has 190 valence electrons. The first-order valence-electron chi connectivity index (χ1n) is 12.5. The number of rotatable bonds is 4. The highest BCUT2D eigenvalue weighted by Gasteiger charge is 2.28. The Bertz CT molecular complexity index is 1430. The van der Waals surface area contributed by atoms with Crippen molar-refractivity contribution in [3.8, 4) is 5.69 Å². The molecule has 0 bridgehead atoms. The van der Waals surface area contributed by atoms with Gasteiger partial charge in [-0.3, -0.25) is 4.79 Å². The van der Waals surface area contributed by atoms with E-state index in [1.165, 1.54) is 0 Å². The fraction of sp³-hybridized carbons (Fsp3) is 0.333. The van der Waals surface area contributed by atoms with E-state index in [2.05, 4.69) is 10.00 Å². The summed E-state index contributed by atoms with van der Waals surface area (Å²) in [6.07, 6.45) is 3.64. The maximum atomic E-state index is 13.1. The molecule has 0 N–H and O–H groups in total. The Kier molecular flexibility index (Phi) is 6.71. The molecule has 6 rings (SSSR count). The van der Waals surface area contributed by atoms with Crippen LogP contribution in [0, 0.1) is 0 Å². The molecule has 2 aromatic carbocycles. The molecule has 8 nitrogen and oxygen atoms in total. The minimum absolute atomic E-state index is 0.0889. The Hall–Kier alpha value is -3.20. The first-order valence-corrected chi connectivity index (χ1v) is 13.2. The zero-order valence-electron chi connectivity index (χ0n) is 20.2. The van der Waals surface area contributed by atoms with Crippen LogP contribution in [0.1, 0.15) is 34.9 Å². The van der Waals surface area contributed by atoms with Crippen LogP contribution in [0.5, 0.6) is 0 Å². The molecule has 2 aromatic heterocycles. The summed E-state index contributed by atoms with van der Waals surface area (Å²) in [5.74, 6) is 1.85. The topological polar surface area (TPSA) is 76.4 Å². The van der Waals surface area contributed by atoms with Crippen molar-refractivity contribution in [2.75, 3.05) is 44.3 Å². The average Bonchev–Trinajstić information content (AvgIpc) is 3.37. The largest absolute Gasteiger partial charge is 0.381 e. The summed E-state index contributed by atoms with van der Waals surface area (Å²) in [5.41, 5.74) is 2.22. The van der Waals surface area contributed by atoms with Gasteiger partial charge < -0.3 is 14.5 Å². The van der Waals surface area contributed by atoms with Crippen LogP contribution in [0.15, 0.2) is 54.7 Å². The number of aromatic nitrogens is 4. The Morgan fingerprint density at radius 2 is 1.70 bits per heavy atom. The van der Waals surface area contributed by atoms with Gasteiger partial charge in [-0.05, 0) is 43.2 Å². The molecule has 0 radical (unpaired) electrons. The van der Waals surface area contributed by atoms with Crippen LogP contribution in [0.25, 0.3) is 16.7 Å². The lowest BCUT2D eigenvalue weighted by molar-refractivity contribution is 0.0746. The molecule has 1 amide bonds. The molecular weight excluding hydrogens is 511 g/mol. The second kappa shape index (κ2) is 10.3. The molecule has 10 heteroatoms. The quantitative estimate of drug-likeness (QED) is 0.366. The van der Waals surface area contributed by atoms with E-state index in [0.717, 1.165) is 41.2 Å². The van der Waals surface area contributed by atoms with Crippen molar-refractivity contribution in [2.24, 2.45) is 0 Å². The van der Waals surface area contributed by atoms with Gasteiger partial charge in [0.05, 0.1) is 27.9 Å². The lowest BCUT2D eigenvalue weighted by Gasteiger charge is -2.36. The van der Waals surface area contributed by atoms with Gasteiger partial charge in [-0.1, -0.05) is 41.4 Å². The molecule has 0 atom stereocenters. The molecule has 2 fully saturated rings. The van der Waals surface area contributed by atoms with Gasteiger partial charge >= 0.3 is 0 Å². The van der Waals surface area contributed by atoms with Crippen LogP contribution < -0.4 is 4.90 Å². The van der Waals surface area contributed by atoms with Crippen molar-refractivity contribution in [2.45, 2.75) is 18.8 Å². The number of hydrogen-bond acceptors (Lipinski definition) is 6. The molecule has 4 aromatic rings.